The molecule has 1 rings (SSSR count). The van der Waals surface area contributed by atoms with Gasteiger partial charge in [0.15, 0.2) is 0 Å². The van der Waals surface area contributed by atoms with Crippen molar-refractivity contribution in [3.8, 4) is 0 Å². The first-order valence-corrected chi connectivity index (χ1v) is 4.63. The number of carbonyl (C=O) groups is 1. The molecule has 0 aromatic rings. The van der Waals surface area contributed by atoms with Crippen LogP contribution in [0.25, 0.3) is 0 Å². The van der Waals surface area contributed by atoms with Gasteiger partial charge in [0, 0.05) is 6.42 Å². The van der Waals surface area contributed by atoms with E-state index in [-0.39, 0.29) is 5.78 Å². The second-order valence-corrected chi connectivity index (χ2v) is 4.52. The van der Waals surface area contributed by atoms with Gasteiger partial charge in [-0.25, -0.2) is 0 Å². The molecule has 2 nitrogen and oxygen atoms in total. The number of carbonyl (C=O) groups excluding carboxylic acids is 1. The van der Waals surface area contributed by atoms with E-state index in [9.17, 15) is 9.90 Å². The fourth-order valence-electron chi connectivity index (χ4n) is 1.83. The monoisotopic (exact) mass is 170 g/mol. The first-order chi connectivity index (χ1) is 5.38. The van der Waals surface area contributed by atoms with Crippen LogP contribution in [0.3, 0.4) is 0 Å². The predicted molar refractivity (Wildman–Crippen MR) is 47.9 cm³/mol. The molecule has 1 saturated carbocycles. The zero-order valence-corrected chi connectivity index (χ0v) is 8.18. The molecule has 12 heavy (non-hydrogen) atoms. The highest BCUT2D eigenvalue weighted by Crippen LogP contribution is 2.41. The average Bonchev–Trinajstić information content (AvgIpc) is 1.93. The zero-order chi connectivity index (χ0) is 9.41. The number of Topliss-reactive ketones (excluding diaryl/α,β-unsaturated/α-hetero) is 1. The van der Waals surface area contributed by atoms with E-state index < -0.39 is 11.0 Å². The lowest BCUT2D eigenvalue weighted by atomic mass is 9.65. The second kappa shape index (κ2) is 2.84. The molecule has 0 radical (unpaired) electrons. The molecule has 1 fully saturated rings. The quantitative estimate of drug-likeness (QED) is 0.652. The van der Waals surface area contributed by atoms with Gasteiger partial charge in [-0.2, -0.15) is 0 Å². The van der Waals surface area contributed by atoms with E-state index in [1.807, 2.05) is 6.92 Å². The summed E-state index contributed by atoms with van der Waals surface area (Å²) in [7, 11) is 0. The van der Waals surface area contributed by atoms with Crippen molar-refractivity contribution in [3.63, 3.8) is 0 Å². The Hall–Kier alpha value is -0.370. The number of aliphatic hydroxyl groups is 1. The molecule has 1 aliphatic carbocycles. The van der Waals surface area contributed by atoms with E-state index in [1.165, 1.54) is 0 Å². The summed E-state index contributed by atoms with van der Waals surface area (Å²) in [4.78, 5) is 11.6. The van der Waals surface area contributed by atoms with Gasteiger partial charge in [-0.3, -0.25) is 4.79 Å². The first-order valence-electron chi connectivity index (χ1n) is 4.63. The van der Waals surface area contributed by atoms with Gasteiger partial charge in [0.25, 0.3) is 0 Å². The molecular formula is C10H18O2. The van der Waals surface area contributed by atoms with Crippen molar-refractivity contribution in [1.29, 1.82) is 0 Å². The largest absolute Gasteiger partial charge is 0.389 e. The highest BCUT2D eigenvalue weighted by Gasteiger charge is 2.46. The predicted octanol–water partition coefficient (Wildman–Crippen LogP) is 1.91. The summed E-state index contributed by atoms with van der Waals surface area (Å²) in [5.74, 6) is 0.223. The van der Waals surface area contributed by atoms with Crippen molar-refractivity contribution in [3.05, 3.63) is 0 Å². The molecule has 70 valence electrons. The van der Waals surface area contributed by atoms with E-state index >= 15 is 0 Å². The van der Waals surface area contributed by atoms with Crippen molar-refractivity contribution in [1.82, 2.24) is 0 Å². The maximum Gasteiger partial charge on any atom is 0.141 e. The highest BCUT2D eigenvalue weighted by molar-refractivity contribution is 5.86. The molecule has 1 unspecified atom stereocenters. The fourth-order valence-corrected chi connectivity index (χ4v) is 1.83. The zero-order valence-electron chi connectivity index (χ0n) is 8.18. The van der Waals surface area contributed by atoms with Crippen LogP contribution in [0.4, 0.5) is 0 Å². The van der Waals surface area contributed by atoms with Gasteiger partial charge in [0.05, 0.1) is 11.0 Å². The van der Waals surface area contributed by atoms with Crippen LogP contribution in [-0.2, 0) is 4.79 Å². The summed E-state index contributed by atoms with van der Waals surface area (Å²) < 4.78 is 0. The Labute approximate surface area is 74.0 Å². The maximum atomic E-state index is 11.6. The third-order valence-corrected chi connectivity index (χ3v) is 3.30. The molecule has 1 aliphatic rings. The minimum absolute atomic E-state index is 0.223. The van der Waals surface area contributed by atoms with Gasteiger partial charge in [0.2, 0.25) is 0 Å². The first kappa shape index (κ1) is 9.72. The minimum Gasteiger partial charge on any atom is -0.389 e. The summed E-state index contributed by atoms with van der Waals surface area (Å²) in [6.45, 7) is 5.35. The van der Waals surface area contributed by atoms with Crippen LogP contribution in [0.2, 0.25) is 0 Å². The molecule has 0 aliphatic heterocycles. The van der Waals surface area contributed by atoms with Crippen molar-refractivity contribution < 1.29 is 9.90 Å². The summed E-state index contributed by atoms with van der Waals surface area (Å²) >= 11 is 0. The maximum absolute atomic E-state index is 11.6. The Morgan fingerprint density at radius 3 is 2.33 bits per heavy atom. The van der Waals surface area contributed by atoms with E-state index in [2.05, 4.69) is 0 Å². The molecule has 0 aromatic carbocycles. The highest BCUT2D eigenvalue weighted by atomic mass is 16.3. The van der Waals surface area contributed by atoms with Gasteiger partial charge >= 0.3 is 0 Å². The minimum atomic E-state index is -0.871. The van der Waals surface area contributed by atoms with E-state index in [0.717, 1.165) is 19.3 Å². The van der Waals surface area contributed by atoms with Crippen LogP contribution < -0.4 is 0 Å². The van der Waals surface area contributed by atoms with Crippen LogP contribution in [0, 0.1) is 5.41 Å². The van der Waals surface area contributed by atoms with E-state index in [0.29, 0.717) is 6.42 Å². The van der Waals surface area contributed by atoms with Crippen LogP contribution in [0.5, 0.6) is 0 Å². The molecule has 0 heterocycles. The summed E-state index contributed by atoms with van der Waals surface area (Å²) in [6.07, 6.45) is 3.52. The Kier molecular flexibility index (Phi) is 2.30. The summed E-state index contributed by atoms with van der Waals surface area (Å²) in [5.41, 5.74) is -1.38. The van der Waals surface area contributed by atoms with E-state index in [1.54, 1.807) is 13.8 Å². The second-order valence-electron chi connectivity index (χ2n) is 4.52. The van der Waals surface area contributed by atoms with Gasteiger partial charge in [-0.1, -0.05) is 6.42 Å². The van der Waals surface area contributed by atoms with Crippen molar-refractivity contribution in [2.75, 3.05) is 0 Å². The van der Waals surface area contributed by atoms with Crippen molar-refractivity contribution in [2.24, 2.45) is 5.41 Å². The van der Waals surface area contributed by atoms with Crippen LogP contribution in [0.1, 0.15) is 46.5 Å². The average molecular weight is 170 g/mol. The van der Waals surface area contributed by atoms with Gasteiger partial charge in [-0.15, -0.1) is 0 Å². The standard InChI is InChI=1S/C10H18O2/c1-9(2,12)10(3)7-5-4-6-8(10)11/h12H,4-7H2,1-3H3. The normalized spacial score (nSPS) is 32.2. The third kappa shape index (κ3) is 1.40. The molecule has 0 bridgehead atoms. The van der Waals surface area contributed by atoms with Gasteiger partial charge < -0.3 is 5.11 Å². The number of rotatable bonds is 1. The number of hydrogen-bond donors (Lipinski definition) is 1. The topological polar surface area (TPSA) is 37.3 Å². The smallest absolute Gasteiger partial charge is 0.141 e. The lowest BCUT2D eigenvalue weighted by Gasteiger charge is -2.41. The molecule has 0 saturated heterocycles. The molecule has 0 aromatic heterocycles. The van der Waals surface area contributed by atoms with E-state index in [4.69, 9.17) is 0 Å². The van der Waals surface area contributed by atoms with Gasteiger partial charge in [-0.05, 0) is 33.6 Å². The molecule has 1 atom stereocenters. The van der Waals surface area contributed by atoms with Gasteiger partial charge in [0.1, 0.15) is 5.78 Å². The molecular weight excluding hydrogens is 152 g/mol. The Bertz CT molecular complexity index is 191. The number of ketones is 1. The summed E-state index contributed by atoms with van der Waals surface area (Å²) in [6, 6.07) is 0. The molecule has 0 spiro atoms. The summed E-state index contributed by atoms with van der Waals surface area (Å²) in [5, 5.41) is 9.85. The van der Waals surface area contributed by atoms with Crippen LogP contribution in [0.15, 0.2) is 0 Å². The Morgan fingerprint density at radius 1 is 1.42 bits per heavy atom. The van der Waals surface area contributed by atoms with Crippen LogP contribution >= 0.6 is 0 Å². The number of hydrogen-bond acceptors (Lipinski definition) is 2. The SMILES string of the molecule is CC(C)(O)C1(C)CCCCC1=O. The van der Waals surface area contributed by atoms with Crippen molar-refractivity contribution >= 4 is 5.78 Å². The molecule has 1 N–H and O–H groups in total. The van der Waals surface area contributed by atoms with Crippen LogP contribution in [-0.4, -0.2) is 16.5 Å². The molecule has 0 amide bonds. The third-order valence-electron chi connectivity index (χ3n) is 3.30. The molecule has 2 heteroatoms. The Balaban J connectivity index is 2.87. The lowest BCUT2D eigenvalue weighted by molar-refractivity contribution is -0.146. The lowest BCUT2D eigenvalue weighted by Crippen LogP contribution is -2.48. The van der Waals surface area contributed by atoms with Crippen molar-refractivity contribution in [2.45, 2.75) is 52.1 Å². The Morgan fingerprint density at radius 2 is 2.00 bits per heavy atom. The fraction of sp³-hybridized carbons (Fsp3) is 0.900.